The molecular weight excluding hydrogens is 258 g/mol. The number of morpholine rings is 1. The lowest BCUT2D eigenvalue weighted by molar-refractivity contribution is 0.0375. The van der Waals surface area contributed by atoms with Crippen molar-refractivity contribution in [3.8, 4) is 0 Å². The van der Waals surface area contributed by atoms with E-state index in [4.69, 9.17) is 4.74 Å². The molecule has 0 unspecified atom stereocenters. The molecule has 1 aliphatic carbocycles. The normalized spacial score (nSPS) is 21.5. The molecule has 1 saturated carbocycles. The Kier molecular flexibility index (Phi) is 5.70. The molecule has 1 aromatic carbocycles. The minimum absolute atomic E-state index is 0.834. The molecule has 0 bridgehead atoms. The van der Waals surface area contributed by atoms with Crippen molar-refractivity contribution in [2.24, 2.45) is 0 Å². The van der Waals surface area contributed by atoms with Gasteiger partial charge in [0.25, 0.3) is 0 Å². The summed E-state index contributed by atoms with van der Waals surface area (Å²) < 4.78 is 5.39. The monoisotopic (exact) mass is 287 g/mol. The Morgan fingerprint density at radius 2 is 1.67 bits per heavy atom. The van der Waals surface area contributed by atoms with E-state index in [1.54, 1.807) is 5.56 Å². The zero-order valence-corrected chi connectivity index (χ0v) is 13.2. The Labute approximate surface area is 129 Å². The summed E-state index contributed by atoms with van der Waals surface area (Å²) in [4.78, 5) is 2.53. The first kappa shape index (κ1) is 15.1. The Bertz CT molecular complexity index is 402. The number of nitrogens with zero attached hydrogens (tertiary/aromatic N) is 1. The highest BCUT2D eigenvalue weighted by Gasteiger charge is 2.15. The van der Waals surface area contributed by atoms with E-state index in [1.165, 1.54) is 57.1 Å². The molecule has 0 amide bonds. The SMILES string of the molecule is c1cc(C2CCCCC2)ccc1CCCN1CCOCC1. The van der Waals surface area contributed by atoms with Gasteiger partial charge in [-0.25, -0.2) is 0 Å². The largest absolute Gasteiger partial charge is 0.379 e. The zero-order chi connectivity index (χ0) is 14.3. The molecule has 2 fully saturated rings. The predicted octanol–water partition coefficient (Wildman–Crippen LogP) is 4.00. The lowest BCUT2D eigenvalue weighted by Gasteiger charge is -2.26. The summed E-state index contributed by atoms with van der Waals surface area (Å²) >= 11 is 0. The van der Waals surface area contributed by atoms with Gasteiger partial charge < -0.3 is 4.74 Å². The number of benzene rings is 1. The average Bonchev–Trinajstić information content (AvgIpc) is 2.57. The third-order valence-corrected chi connectivity index (χ3v) is 5.10. The van der Waals surface area contributed by atoms with Gasteiger partial charge in [-0.2, -0.15) is 0 Å². The second-order valence-electron chi connectivity index (χ2n) is 6.63. The van der Waals surface area contributed by atoms with E-state index < -0.39 is 0 Å². The van der Waals surface area contributed by atoms with Crippen LogP contribution in [0.1, 0.15) is 55.6 Å². The summed E-state index contributed by atoms with van der Waals surface area (Å²) in [6.07, 6.45) is 9.56. The number of ether oxygens (including phenoxy) is 1. The van der Waals surface area contributed by atoms with Crippen LogP contribution >= 0.6 is 0 Å². The molecule has 21 heavy (non-hydrogen) atoms. The van der Waals surface area contributed by atoms with Crippen LogP contribution in [0.5, 0.6) is 0 Å². The third kappa shape index (κ3) is 4.55. The summed E-state index contributed by atoms with van der Waals surface area (Å²) in [6.45, 7) is 5.27. The smallest absolute Gasteiger partial charge is 0.0594 e. The maximum absolute atomic E-state index is 5.39. The van der Waals surface area contributed by atoms with E-state index in [-0.39, 0.29) is 0 Å². The van der Waals surface area contributed by atoms with Gasteiger partial charge in [-0.3, -0.25) is 4.90 Å². The summed E-state index contributed by atoms with van der Waals surface area (Å²) in [5.41, 5.74) is 3.08. The lowest BCUT2D eigenvalue weighted by atomic mass is 9.84. The van der Waals surface area contributed by atoms with Crippen LogP contribution < -0.4 is 0 Å². The molecule has 0 aromatic heterocycles. The Hall–Kier alpha value is -0.860. The van der Waals surface area contributed by atoms with Crippen molar-refractivity contribution < 1.29 is 4.74 Å². The standard InChI is InChI=1S/C19H29NO/c1-2-6-18(7-3-1)19-10-8-17(9-11-19)5-4-12-20-13-15-21-16-14-20/h8-11,18H,1-7,12-16H2. The van der Waals surface area contributed by atoms with Crippen LogP contribution in [0.2, 0.25) is 0 Å². The maximum atomic E-state index is 5.39. The number of rotatable bonds is 5. The quantitative estimate of drug-likeness (QED) is 0.811. The molecule has 0 radical (unpaired) electrons. The van der Waals surface area contributed by atoms with Crippen LogP contribution in [-0.2, 0) is 11.2 Å². The first-order valence-corrected chi connectivity index (χ1v) is 8.81. The number of hydrogen-bond donors (Lipinski definition) is 0. The van der Waals surface area contributed by atoms with Gasteiger partial charge in [0.2, 0.25) is 0 Å². The van der Waals surface area contributed by atoms with Gasteiger partial charge in [-0.05, 0) is 49.3 Å². The van der Waals surface area contributed by atoms with Crippen molar-refractivity contribution in [1.82, 2.24) is 4.90 Å². The van der Waals surface area contributed by atoms with Crippen molar-refractivity contribution in [2.45, 2.75) is 50.9 Å². The highest BCUT2D eigenvalue weighted by atomic mass is 16.5. The molecule has 2 aliphatic rings. The number of hydrogen-bond acceptors (Lipinski definition) is 2. The summed E-state index contributed by atoms with van der Waals surface area (Å²) in [6, 6.07) is 9.51. The summed E-state index contributed by atoms with van der Waals surface area (Å²) in [5, 5.41) is 0. The van der Waals surface area contributed by atoms with E-state index in [9.17, 15) is 0 Å². The molecule has 0 N–H and O–H groups in total. The highest BCUT2D eigenvalue weighted by Crippen LogP contribution is 2.32. The van der Waals surface area contributed by atoms with Crippen molar-refractivity contribution >= 4 is 0 Å². The van der Waals surface area contributed by atoms with E-state index in [2.05, 4.69) is 29.2 Å². The fraction of sp³-hybridized carbons (Fsp3) is 0.684. The number of aryl methyl sites for hydroxylation is 1. The molecule has 2 heteroatoms. The van der Waals surface area contributed by atoms with Crippen LogP contribution in [0.25, 0.3) is 0 Å². The van der Waals surface area contributed by atoms with Crippen LogP contribution in [0.3, 0.4) is 0 Å². The van der Waals surface area contributed by atoms with E-state index in [0.29, 0.717) is 0 Å². The minimum Gasteiger partial charge on any atom is -0.379 e. The summed E-state index contributed by atoms with van der Waals surface area (Å²) in [5.74, 6) is 0.834. The third-order valence-electron chi connectivity index (χ3n) is 5.10. The molecule has 2 nitrogen and oxygen atoms in total. The van der Waals surface area contributed by atoms with Gasteiger partial charge >= 0.3 is 0 Å². The van der Waals surface area contributed by atoms with E-state index in [1.807, 2.05) is 0 Å². The molecule has 1 saturated heterocycles. The van der Waals surface area contributed by atoms with Crippen LogP contribution in [0.4, 0.5) is 0 Å². The van der Waals surface area contributed by atoms with Gasteiger partial charge in [0.15, 0.2) is 0 Å². The Morgan fingerprint density at radius 1 is 0.952 bits per heavy atom. The average molecular weight is 287 g/mol. The topological polar surface area (TPSA) is 12.5 Å². The molecule has 116 valence electrons. The fourth-order valence-corrected chi connectivity index (χ4v) is 3.72. The van der Waals surface area contributed by atoms with E-state index >= 15 is 0 Å². The van der Waals surface area contributed by atoms with E-state index in [0.717, 1.165) is 32.2 Å². The second-order valence-corrected chi connectivity index (χ2v) is 6.63. The molecule has 1 aliphatic heterocycles. The highest BCUT2D eigenvalue weighted by molar-refractivity contribution is 5.25. The Balaban J connectivity index is 1.43. The van der Waals surface area contributed by atoms with Gasteiger partial charge in [0, 0.05) is 13.1 Å². The second kappa shape index (κ2) is 7.95. The van der Waals surface area contributed by atoms with Crippen molar-refractivity contribution in [1.29, 1.82) is 0 Å². The zero-order valence-electron chi connectivity index (χ0n) is 13.2. The Morgan fingerprint density at radius 3 is 2.38 bits per heavy atom. The lowest BCUT2D eigenvalue weighted by Crippen LogP contribution is -2.36. The first-order chi connectivity index (χ1) is 10.4. The van der Waals surface area contributed by atoms with Crippen LogP contribution in [0.15, 0.2) is 24.3 Å². The summed E-state index contributed by atoms with van der Waals surface area (Å²) in [7, 11) is 0. The van der Waals surface area contributed by atoms with Gasteiger partial charge in [-0.15, -0.1) is 0 Å². The van der Waals surface area contributed by atoms with Gasteiger partial charge in [0.1, 0.15) is 0 Å². The van der Waals surface area contributed by atoms with Gasteiger partial charge in [0.05, 0.1) is 13.2 Å². The molecule has 0 atom stereocenters. The van der Waals surface area contributed by atoms with Gasteiger partial charge in [-0.1, -0.05) is 43.5 Å². The van der Waals surface area contributed by atoms with Crippen molar-refractivity contribution in [3.05, 3.63) is 35.4 Å². The molecular formula is C19H29NO. The molecule has 3 rings (SSSR count). The molecule has 0 spiro atoms. The van der Waals surface area contributed by atoms with Crippen molar-refractivity contribution in [2.75, 3.05) is 32.8 Å². The fourth-order valence-electron chi connectivity index (χ4n) is 3.72. The van der Waals surface area contributed by atoms with Crippen LogP contribution in [0, 0.1) is 0 Å². The predicted molar refractivity (Wildman–Crippen MR) is 87.8 cm³/mol. The van der Waals surface area contributed by atoms with Crippen molar-refractivity contribution in [3.63, 3.8) is 0 Å². The minimum atomic E-state index is 0.834. The van der Waals surface area contributed by atoms with Crippen LogP contribution in [-0.4, -0.2) is 37.7 Å². The molecule has 1 heterocycles. The first-order valence-electron chi connectivity index (χ1n) is 8.81. The molecule has 1 aromatic rings. The maximum Gasteiger partial charge on any atom is 0.0594 e.